The van der Waals surface area contributed by atoms with Gasteiger partial charge in [0.1, 0.15) is 5.78 Å². The molecule has 0 N–H and O–H groups in total. The second-order valence-electron chi connectivity index (χ2n) is 5.68. The molecular formula is C16H26O. The summed E-state index contributed by atoms with van der Waals surface area (Å²) in [6.07, 6.45) is 9.53. The van der Waals surface area contributed by atoms with Crippen molar-refractivity contribution in [1.82, 2.24) is 0 Å². The van der Waals surface area contributed by atoms with Gasteiger partial charge in [-0.3, -0.25) is 4.79 Å². The molecule has 3 atom stereocenters. The molecule has 1 heteroatoms. The molecule has 0 radical (unpaired) electrons. The molecule has 1 aliphatic rings. The summed E-state index contributed by atoms with van der Waals surface area (Å²) in [4.78, 5) is 11.9. The number of ketones is 1. The first-order chi connectivity index (χ1) is 7.91. The average Bonchev–Trinajstić information content (AvgIpc) is 2.30. The van der Waals surface area contributed by atoms with Crippen LogP contribution in [0, 0.1) is 17.3 Å². The zero-order chi connectivity index (χ0) is 13.1. The molecule has 0 aromatic carbocycles. The molecule has 1 aliphatic carbocycles. The van der Waals surface area contributed by atoms with Gasteiger partial charge in [-0.05, 0) is 31.1 Å². The van der Waals surface area contributed by atoms with Gasteiger partial charge in [0.2, 0.25) is 0 Å². The molecule has 0 aliphatic heterocycles. The maximum absolute atomic E-state index is 11.9. The van der Waals surface area contributed by atoms with Crippen LogP contribution in [0.1, 0.15) is 53.9 Å². The smallest absolute Gasteiger partial charge is 0.136 e. The fourth-order valence-corrected chi connectivity index (χ4v) is 2.67. The van der Waals surface area contributed by atoms with Crippen molar-refractivity contribution in [3.8, 4) is 0 Å². The van der Waals surface area contributed by atoms with Crippen molar-refractivity contribution in [2.24, 2.45) is 17.3 Å². The molecule has 1 nitrogen and oxygen atoms in total. The number of hydrogen-bond acceptors (Lipinski definition) is 1. The van der Waals surface area contributed by atoms with Crippen LogP contribution >= 0.6 is 0 Å². The predicted molar refractivity (Wildman–Crippen MR) is 73.9 cm³/mol. The van der Waals surface area contributed by atoms with E-state index >= 15 is 0 Å². The average molecular weight is 234 g/mol. The van der Waals surface area contributed by atoms with E-state index in [1.807, 2.05) is 0 Å². The molecule has 96 valence electrons. The summed E-state index contributed by atoms with van der Waals surface area (Å²) in [6, 6.07) is 0. The maximum Gasteiger partial charge on any atom is 0.136 e. The van der Waals surface area contributed by atoms with Gasteiger partial charge in [-0.25, -0.2) is 0 Å². The van der Waals surface area contributed by atoms with E-state index in [4.69, 9.17) is 0 Å². The molecule has 0 heterocycles. The van der Waals surface area contributed by atoms with Crippen molar-refractivity contribution < 1.29 is 4.79 Å². The number of carbonyl (C=O) groups excluding carboxylic acids is 1. The monoisotopic (exact) mass is 234 g/mol. The topological polar surface area (TPSA) is 17.1 Å². The minimum absolute atomic E-state index is 0.0260. The van der Waals surface area contributed by atoms with Crippen LogP contribution in [-0.4, -0.2) is 5.78 Å². The van der Waals surface area contributed by atoms with E-state index in [1.165, 1.54) is 5.57 Å². The first kappa shape index (κ1) is 14.2. The first-order valence-corrected chi connectivity index (χ1v) is 6.80. The van der Waals surface area contributed by atoms with E-state index in [0.717, 1.165) is 19.3 Å². The first-order valence-electron chi connectivity index (χ1n) is 6.80. The largest absolute Gasteiger partial charge is 0.299 e. The van der Waals surface area contributed by atoms with Gasteiger partial charge < -0.3 is 0 Å². The highest BCUT2D eigenvalue weighted by Gasteiger charge is 2.41. The Kier molecular flexibility index (Phi) is 4.73. The van der Waals surface area contributed by atoms with Crippen molar-refractivity contribution in [2.75, 3.05) is 0 Å². The Morgan fingerprint density at radius 1 is 1.47 bits per heavy atom. The third-order valence-corrected chi connectivity index (χ3v) is 4.53. The van der Waals surface area contributed by atoms with Crippen LogP contribution in [0.5, 0.6) is 0 Å². The maximum atomic E-state index is 11.9. The van der Waals surface area contributed by atoms with Crippen molar-refractivity contribution in [3.63, 3.8) is 0 Å². The molecule has 0 bridgehead atoms. The normalized spacial score (nSPS) is 35.6. The van der Waals surface area contributed by atoms with Crippen LogP contribution in [0.4, 0.5) is 0 Å². The van der Waals surface area contributed by atoms with Crippen LogP contribution in [0.2, 0.25) is 0 Å². The SMILES string of the molecule is CCC=C(C)C=CC1(C)C(C)CCC(=O)C1C. The zero-order valence-corrected chi connectivity index (χ0v) is 11.9. The van der Waals surface area contributed by atoms with Gasteiger partial charge in [-0.1, -0.05) is 51.5 Å². The van der Waals surface area contributed by atoms with Gasteiger partial charge in [0, 0.05) is 12.3 Å². The summed E-state index contributed by atoms with van der Waals surface area (Å²) in [7, 11) is 0. The van der Waals surface area contributed by atoms with Crippen molar-refractivity contribution in [3.05, 3.63) is 23.8 Å². The van der Waals surface area contributed by atoms with Gasteiger partial charge >= 0.3 is 0 Å². The minimum atomic E-state index is 0.0260. The molecule has 0 aromatic heterocycles. The summed E-state index contributed by atoms with van der Waals surface area (Å²) < 4.78 is 0. The fraction of sp³-hybridized carbons (Fsp3) is 0.688. The van der Waals surface area contributed by atoms with Crippen molar-refractivity contribution >= 4 is 5.78 Å². The van der Waals surface area contributed by atoms with Crippen LogP contribution in [0.25, 0.3) is 0 Å². The van der Waals surface area contributed by atoms with Gasteiger partial charge in [0.05, 0.1) is 0 Å². The van der Waals surface area contributed by atoms with Crippen LogP contribution in [0.3, 0.4) is 0 Å². The molecule has 0 aromatic rings. The van der Waals surface area contributed by atoms with E-state index in [0.29, 0.717) is 11.7 Å². The van der Waals surface area contributed by atoms with E-state index in [2.05, 4.69) is 52.8 Å². The third kappa shape index (κ3) is 3.08. The Balaban J connectivity index is 2.90. The second-order valence-corrected chi connectivity index (χ2v) is 5.68. The molecule has 1 fully saturated rings. The second kappa shape index (κ2) is 5.66. The molecule has 17 heavy (non-hydrogen) atoms. The Hall–Kier alpha value is -0.850. The number of allylic oxidation sites excluding steroid dienone is 4. The lowest BCUT2D eigenvalue weighted by molar-refractivity contribution is -0.129. The highest BCUT2D eigenvalue weighted by atomic mass is 16.1. The van der Waals surface area contributed by atoms with Crippen molar-refractivity contribution in [2.45, 2.75) is 53.9 Å². The molecular weight excluding hydrogens is 208 g/mol. The summed E-state index contributed by atoms with van der Waals surface area (Å²) in [5.41, 5.74) is 1.32. The minimum Gasteiger partial charge on any atom is -0.299 e. The Morgan fingerprint density at radius 2 is 2.12 bits per heavy atom. The van der Waals surface area contributed by atoms with E-state index in [1.54, 1.807) is 0 Å². The van der Waals surface area contributed by atoms with E-state index < -0.39 is 0 Å². The Labute approximate surface area is 106 Å². The van der Waals surface area contributed by atoms with Crippen LogP contribution in [-0.2, 0) is 4.79 Å². The number of Topliss-reactive ketones (excluding diaryl/α,β-unsaturated/α-hetero) is 1. The number of carbonyl (C=O) groups is 1. The molecule has 0 spiro atoms. The summed E-state index contributed by atoms with van der Waals surface area (Å²) >= 11 is 0. The standard InChI is InChI=1S/C16H26O/c1-6-7-12(2)10-11-16(5)13(3)8-9-15(17)14(16)4/h7,10-11,13-14H,6,8-9H2,1-5H3. The summed E-state index contributed by atoms with van der Waals surface area (Å²) in [5.74, 6) is 1.16. The molecule has 3 unspecified atom stereocenters. The van der Waals surface area contributed by atoms with Gasteiger partial charge in [0.25, 0.3) is 0 Å². The summed E-state index contributed by atoms with van der Waals surface area (Å²) in [6.45, 7) is 10.9. The Bertz CT molecular complexity index is 337. The Morgan fingerprint density at radius 3 is 2.71 bits per heavy atom. The highest BCUT2D eigenvalue weighted by molar-refractivity contribution is 5.82. The third-order valence-electron chi connectivity index (χ3n) is 4.53. The highest BCUT2D eigenvalue weighted by Crippen LogP contribution is 2.44. The lowest BCUT2D eigenvalue weighted by atomic mass is 9.61. The molecule has 1 saturated carbocycles. The number of hydrogen-bond donors (Lipinski definition) is 0. The fourth-order valence-electron chi connectivity index (χ4n) is 2.67. The van der Waals surface area contributed by atoms with Crippen molar-refractivity contribution in [1.29, 1.82) is 0 Å². The molecule has 0 saturated heterocycles. The van der Waals surface area contributed by atoms with Crippen LogP contribution < -0.4 is 0 Å². The molecule has 1 rings (SSSR count). The molecule has 0 amide bonds. The quantitative estimate of drug-likeness (QED) is 0.655. The van der Waals surface area contributed by atoms with Gasteiger partial charge in [-0.2, -0.15) is 0 Å². The zero-order valence-electron chi connectivity index (χ0n) is 11.9. The van der Waals surface area contributed by atoms with Gasteiger partial charge in [0.15, 0.2) is 0 Å². The van der Waals surface area contributed by atoms with Gasteiger partial charge in [-0.15, -0.1) is 0 Å². The lowest BCUT2D eigenvalue weighted by Gasteiger charge is -2.42. The van der Waals surface area contributed by atoms with Crippen LogP contribution in [0.15, 0.2) is 23.8 Å². The lowest BCUT2D eigenvalue weighted by Crippen LogP contribution is -2.40. The predicted octanol–water partition coefficient (Wildman–Crippen LogP) is 4.54. The van der Waals surface area contributed by atoms with E-state index in [-0.39, 0.29) is 11.3 Å². The summed E-state index contributed by atoms with van der Waals surface area (Å²) in [5, 5.41) is 0. The number of rotatable bonds is 3. The van der Waals surface area contributed by atoms with E-state index in [9.17, 15) is 4.79 Å².